The van der Waals surface area contributed by atoms with Crippen LogP contribution in [-0.2, 0) is 17.9 Å². The van der Waals surface area contributed by atoms with Gasteiger partial charge in [-0.1, -0.05) is 59.1 Å². The highest BCUT2D eigenvalue weighted by Gasteiger charge is 2.35. The van der Waals surface area contributed by atoms with Crippen molar-refractivity contribution in [3.8, 4) is 5.75 Å². The van der Waals surface area contributed by atoms with Crippen LogP contribution < -0.4 is 9.64 Å². The van der Waals surface area contributed by atoms with E-state index < -0.39 is 0 Å². The van der Waals surface area contributed by atoms with Crippen LogP contribution in [0.15, 0.2) is 65.6 Å². The smallest absolute Gasteiger partial charge is 0.293 e. The van der Waals surface area contributed by atoms with Gasteiger partial charge in [0.05, 0.1) is 11.4 Å². The summed E-state index contributed by atoms with van der Waals surface area (Å²) in [6.45, 7) is 6.16. The van der Waals surface area contributed by atoms with Gasteiger partial charge in [0, 0.05) is 51.0 Å². The summed E-state index contributed by atoms with van der Waals surface area (Å²) in [4.78, 5) is 29.6. The van der Waals surface area contributed by atoms with E-state index in [0.717, 1.165) is 36.1 Å². The van der Waals surface area contributed by atoms with Crippen LogP contribution in [0.2, 0.25) is 15.1 Å². The quantitative estimate of drug-likeness (QED) is 0.240. The third kappa shape index (κ3) is 6.44. The summed E-state index contributed by atoms with van der Waals surface area (Å²) in [5.41, 5.74) is 3.17. The number of hydrogen-bond acceptors (Lipinski definition) is 5. The Labute approximate surface area is 235 Å². The number of carbonyl (C=O) groups is 2. The van der Waals surface area contributed by atoms with Crippen molar-refractivity contribution in [3.05, 3.63) is 97.3 Å². The average molecular weight is 576 g/mol. The van der Waals surface area contributed by atoms with E-state index in [2.05, 4.69) is 18.7 Å². The molecular weight excluding hydrogens is 551 g/mol. The second kappa shape index (κ2) is 12.3. The van der Waals surface area contributed by atoms with Crippen molar-refractivity contribution in [1.29, 1.82) is 0 Å². The molecule has 0 aromatic heterocycles. The number of amides is 2. The van der Waals surface area contributed by atoms with Gasteiger partial charge in [0.25, 0.3) is 11.1 Å². The third-order valence-corrected chi connectivity index (χ3v) is 7.83. The molecule has 5 nitrogen and oxygen atoms in total. The minimum Gasteiger partial charge on any atom is -0.488 e. The van der Waals surface area contributed by atoms with E-state index >= 15 is 0 Å². The first kappa shape index (κ1) is 27.4. The number of benzene rings is 3. The SMILES string of the molecule is CCN(CC)c1ccc(/C=C2/SC(=O)N(Cc3ccccc3Cl)C2=O)c(OCc2ccc(Cl)cc2Cl)c1. The largest absolute Gasteiger partial charge is 0.488 e. The zero-order valence-electron chi connectivity index (χ0n) is 20.3. The van der Waals surface area contributed by atoms with Crippen molar-refractivity contribution in [2.75, 3.05) is 18.0 Å². The van der Waals surface area contributed by atoms with Crippen molar-refractivity contribution in [2.45, 2.75) is 27.0 Å². The summed E-state index contributed by atoms with van der Waals surface area (Å²) in [5, 5.41) is 1.22. The molecule has 0 aliphatic carbocycles. The number of anilines is 1. The van der Waals surface area contributed by atoms with Crippen LogP contribution in [-0.4, -0.2) is 29.1 Å². The fourth-order valence-corrected chi connectivity index (χ4v) is 5.41. The van der Waals surface area contributed by atoms with Gasteiger partial charge in [0.15, 0.2) is 0 Å². The van der Waals surface area contributed by atoms with Crippen molar-refractivity contribution in [3.63, 3.8) is 0 Å². The van der Waals surface area contributed by atoms with Gasteiger partial charge in [-0.15, -0.1) is 0 Å². The van der Waals surface area contributed by atoms with Crippen LogP contribution >= 0.6 is 46.6 Å². The normalized spacial score (nSPS) is 14.5. The summed E-state index contributed by atoms with van der Waals surface area (Å²) >= 11 is 19.5. The van der Waals surface area contributed by atoms with Gasteiger partial charge in [-0.25, -0.2) is 0 Å². The lowest BCUT2D eigenvalue weighted by atomic mass is 10.1. The standard InChI is InChI=1S/C28H25Cl3N2O3S/c1-3-32(4-2)22-12-10-18(25(15-22)36-17-20-9-11-21(29)14-24(20)31)13-26-27(34)33(28(35)37-26)16-19-7-5-6-8-23(19)30/h5-15H,3-4,16-17H2,1-2H3/b26-13+. The molecule has 1 fully saturated rings. The lowest BCUT2D eigenvalue weighted by Crippen LogP contribution is -2.27. The topological polar surface area (TPSA) is 49.9 Å². The third-order valence-electron chi connectivity index (χ3n) is 5.97. The second-order valence-corrected chi connectivity index (χ2v) is 10.5. The molecule has 4 rings (SSSR count). The van der Waals surface area contributed by atoms with Gasteiger partial charge in [-0.2, -0.15) is 0 Å². The maximum absolute atomic E-state index is 13.2. The Bertz CT molecular complexity index is 1360. The Balaban J connectivity index is 1.63. The predicted molar refractivity (Wildman–Crippen MR) is 154 cm³/mol. The van der Waals surface area contributed by atoms with E-state index in [1.807, 2.05) is 30.3 Å². The Morgan fingerprint density at radius 3 is 2.38 bits per heavy atom. The number of nitrogens with zero attached hydrogens (tertiary/aromatic N) is 2. The molecular formula is C28H25Cl3N2O3S. The molecule has 2 amide bonds. The van der Waals surface area contributed by atoms with Gasteiger partial charge >= 0.3 is 0 Å². The molecule has 3 aromatic rings. The zero-order chi connectivity index (χ0) is 26.5. The average Bonchev–Trinajstić information content (AvgIpc) is 3.14. The van der Waals surface area contributed by atoms with Crippen LogP contribution in [0, 0.1) is 0 Å². The van der Waals surface area contributed by atoms with Gasteiger partial charge in [-0.3, -0.25) is 14.5 Å². The molecule has 0 radical (unpaired) electrons. The van der Waals surface area contributed by atoms with Crippen LogP contribution in [0.1, 0.15) is 30.5 Å². The lowest BCUT2D eigenvalue weighted by molar-refractivity contribution is -0.123. The van der Waals surface area contributed by atoms with Crippen LogP contribution in [0.4, 0.5) is 10.5 Å². The molecule has 0 saturated carbocycles. The summed E-state index contributed by atoms with van der Waals surface area (Å²) in [6.07, 6.45) is 1.70. The van der Waals surface area contributed by atoms with Crippen LogP contribution in [0.3, 0.4) is 0 Å². The molecule has 0 unspecified atom stereocenters. The lowest BCUT2D eigenvalue weighted by Gasteiger charge is -2.22. The van der Waals surface area contributed by atoms with Crippen molar-refractivity contribution in [2.24, 2.45) is 0 Å². The van der Waals surface area contributed by atoms with E-state index in [1.54, 1.807) is 36.4 Å². The molecule has 1 saturated heterocycles. The minimum atomic E-state index is -0.366. The maximum atomic E-state index is 13.2. The van der Waals surface area contributed by atoms with E-state index in [1.165, 1.54) is 4.90 Å². The Morgan fingerprint density at radius 1 is 0.919 bits per heavy atom. The summed E-state index contributed by atoms with van der Waals surface area (Å²) in [6, 6.07) is 18.2. The summed E-state index contributed by atoms with van der Waals surface area (Å²) in [5.74, 6) is 0.211. The summed E-state index contributed by atoms with van der Waals surface area (Å²) < 4.78 is 6.20. The molecule has 0 spiro atoms. The Morgan fingerprint density at radius 2 is 1.68 bits per heavy atom. The summed E-state index contributed by atoms with van der Waals surface area (Å²) in [7, 11) is 0. The zero-order valence-corrected chi connectivity index (χ0v) is 23.4. The Kier molecular flexibility index (Phi) is 9.08. The first-order chi connectivity index (χ1) is 17.8. The fraction of sp³-hybridized carbons (Fsp3) is 0.214. The molecule has 9 heteroatoms. The monoisotopic (exact) mass is 574 g/mol. The van der Waals surface area contributed by atoms with Gasteiger partial charge in [0.1, 0.15) is 12.4 Å². The van der Waals surface area contributed by atoms with Crippen molar-refractivity contribution in [1.82, 2.24) is 4.90 Å². The molecule has 3 aromatic carbocycles. The highest BCUT2D eigenvalue weighted by molar-refractivity contribution is 8.18. The maximum Gasteiger partial charge on any atom is 0.293 e. The first-order valence-electron chi connectivity index (χ1n) is 11.7. The van der Waals surface area contributed by atoms with E-state index in [4.69, 9.17) is 39.5 Å². The van der Waals surface area contributed by atoms with Crippen molar-refractivity contribution < 1.29 is 14.3 Å². The highest BCUT2D eigenvalue weighted by atomic mass is 35.5. The first-order valence-corrected chi connectivity index (χ1v) is 13.7. The van der Waals surface area contributed by atoms with E-state index in [-0.39, 0.29) is 24.3 Å². The number of carbonyl (C=O) groups excluding carboxylic acids is 2. The fourth-order valence-electron chi connectivity index (χ4n) is 3.92. The number of ether oxygens (including phenoxy) is 1. The van der Waals surface area contributed by atoms with Crippen LogP contribution in [0.5, 0.6) is 5.75 Å². The van der Waals surface area contributed by atoms with Crippen molar-refractivity contribution >= 4 is 69.5 Å². The number of thioether (sulfide) groups is 1. The van der Waals surface area contributed by atoms with Gasteiger partial charge in [-0.05, 0) is 67.6 Å². The number of rotatable bonds is 9. The number of halogens is 3. The van der Waals surface area contributed by atoms with E-state index in [0.29, 0.717) is 36.8 Å². The molecule has 0 N–H and O–H groups in total. The molecule has 1 heterocycles. The molecule has 1 aliphatic heterocycles. The highest BCUT2D eigenvalue weighted by Crippen LogP contribution is 2.37. The molecule has 192 valence electrons. The molecule has 37 heavy (non-hydrogen) atoms. The molecule has 0 atom stereocenters. The Hall–Kier alpha value is -2.64. The second-order valence-electron chi connectivity index (χ2n) is 8.28. The predicted octanol–water partition coefficient (Wildman–Crippen LogP) is 8.31. The van der Waals surface area contributed by atoms with E-state index in [9.17, 15) is 9.59 Å². The molecule has 1 aliphatic rings. The minimum absolute atomic E-state index is 0.112. The molecule has 0 bridgehead atoms. The van der Waals surface area contributed by atoms with Crippen LogP contribution in [0.25, 0.3) is 6.08 Å². The van der Waals surface area contributed by atoms with Gasteiger partial charge in [0.2, 0.25) is 0 Å². The number of imide groups is 1. The van der Waals surface area contributed by atoms with Gasteiger partial charge < -0.3 is 9.64 Å². The number of hydrogen-bond donors (Lipinski definition) is 0.